The van der Waals surface area contributed by atoms with Crippen LogP contribution in [-0.4, -0.2) is 13.4 Å². The zero-order chi connectivity index (χ0) is 63.5. The molecule has 0 aliphatic carbocycles. The molecule has 96 heavy (non-hydrogen) atoms. The molecule has 0 N–H and O–H groups in total. The first-order valence-electron chi connectivity index (χ1n) is 32.9. The highest BCUT2D eigenvalue weighted by Crippen LogP contribution is 2.48. The van der Waals surface area contributed by atoms with Gasteiger partial charge in [0.25, 0.3) is 13.4 Å². The van der Waals surface area contributed by atoms with Crippen molar-refractivity contribution in [2.24, 2.45) is 0 Å². The average Bonchev–Trinajstić information content (AvgIpc) is 0.716. The van der Waals surface area contributed by atoms with Gasteiger partial charge in [-0.3, -0.25) is 0 Å². The summed E-state index contributed by atoms with van der Waals surface area (Å²) in [7, 11) is 0. The number of anilines is 12. The van der Waals surface area contributed by atoms with Gasteiger partial charge in [-0.1, -0.05) is 243 Å². The van der Waals surface area contributed by atoms with E-state index in [2.05, 4.69) is 384 Å². The van der Waals surface area contributed by atoms with Crippen LogP contribution in [0.5, 0.6) is 23.0 Å². The average molecular weight is 1230 g/mol. The van der Waals surface area contributed by atoms with Gasteiger partial charge < -0.3 is 29.1 Å². The van der Waals surface area contributed by atoms with Gasteiger partial charge in [0, 0.05) is 69.0 Å². The normalized spacial score (nSPS) is 12.8. The minimum Gasteiger partial charge on any atom is -0.458 e. The molecule has 0 atom stereocenters. The predicted octanol–water partition coefficient (Wildman–Crippen LogP) is 19.4. The third kappa shape index (κ3) is 10.0. The smallest absolute Gasteiger partial charge is 0.256 e. The van der Waals surface area contributed by atoms with Crippen LogP contribution in [0.1, 0.15) is 22.3 Å². The van der Waals surface area contributed by atoms with Crippen LogP contribution in [0.15, 0.2) is 340 Å². The molecular weight excluding hydrogens is 1170 g/mol. The molecule has 0 spiro atoms. The van der Waals surface area contributed by atoms with Crippen molar-refractivity contribution < 1.29 is 9.47 Å². The monoisotopic (exact) mass is 1230 g/mol. The fourth-order valence-corrected chi connectivity index (χ4v) is 14.8. The summed E-state index contributed by atoms with van der Waals surface area (Å²) in [5.41, 5.74) is 26.8. The van der Waals surface area contributed by atoms with Crippen LogP contribution >= 0.6 is 0 Å². The molecule has 0 saturated carbocycles. The van der Waals surface area contributed by atoms with Gasteiger partial charge in [0.15, 0.2) is 0 Å². The lowest BCUT2D eigenvalue weighted by atomic mass is 9.34. The second-order valence-corrected chi connectivity index (χ2v) is 24.8. The molecule has 6 nitrogen and oxygen atoms in total. The highest BCUT2D eigenvalue weighted by molar-refractivity contribution is 7.00. The third-order valence-corrected chi connectivity index (χ3v) is 19.1. The molecule has 0 bridgehead atoms. The summed E-state index contributed by atoms with van der Waals surface area (Å²) in [6.07, 6.45) is 8.86. The highest BCUT2D eigenvalue weighted by atomic mass is 16.5. The Labute approximate surface area is 560 Å². The molecule has 0 aromatic heterocycles. The van der Waals surface area contributed by atoms with Crippen molar-refractivity contribution in [2.45, 2.75) is 0 Å². The van der Waals surface area contributed by atoms with Gasteiger partial charge in [0.2, 0.25) is 0 Å². The fourth-order valence-electron chi connectivity index (χ4n) is 14.8. The minimum absolute atomic E-state index is 0.00398. The van der Waals surface area contributed by atoms with Crippen molar-refractivity contribution in [3.63, 3.8) is 0 Å². The van der Waals surface area contributed by atoms with E-state index in [0.29, 0.717) is 0 Å². The summed E-state index contributed by atoms with van der Waals surface area (Å²) in [4.78, 5) is 9.51. The molecule has 14 aromatic rings. The second kappa shape index (κ2) is 23.9. The summed E-state index contributed by atoms with van der Waals surface area (Å²) < 4.78 is 13.9. The summed E-state index contributed by atoms with van der Waals surface area (Å²) in [5.74, 6) is 3.49. The molecule has 0 fully saturated rings. The van der Waals surface area contributed by atoms with Crippen LogP contribution in [0.3, 0.4) is 0 Å². The Morgan fingerprint density at radius 3 is 0.958 bits per heavy atom. The lowest BCUT2D eigenvalue weighted by Crippen LogP contribution is -2.59. The van der Waals surface area contributed by atoms with Gasteiger partial charge in [-0.2, -0.15) is 0 Å². The Balaban J connectivity index is 0.621. The van der Waals surface area contributed by atoms with Gasteiger partial charge in [-0.25, -0.2) is 0 Å². The topological polar surface area (TPSA) is 31.4 Å². The summed E-state index contributed by atoms with van der Waals surface area (Å²) in [6.45, 7) is -0.00797. The van der Waals surface area contributed by atoms with Crippen molar-refractivity contribution in [3.05, 3.63) is 362 Å². The molecule has 0 saturated heterocycles. The van der Waals surface area contributed by atoms with E-state index in [0.717, 1.165) is 136 Å². The molecule has 0 unspecified atom stereocenters. The Kier molecular flexibility index (Phi) is 14.0. The van der Waals surface area contributed by atoms with Crippen LogP contribution < -0.4 is 61.9 Å². The first kappa shape index (κ1) is 56.3. The zero-order valence-electron chi connectivity index (χ0n) is 52.4. The van der Waals surface area contributed by atoms with Crippen molar-refractivity contribution in [2.75, 3.05) is 19.6 Å². The third-order valence-electron chi connectivity index (χ3n) is 19.1. The van der Waals surface area contributed by atoms with Crippen LogP contribution in [0, 0.1) is 0 Å². The minimum atomic E-state index is -0.00398. The van der Waals surface area contributed by atoms with Crippen LogP contribution in [-0.2, 0) is 0 Å². The van der Waals surface area contributed by atoms with E-state index in [-0.39, 0.29) is 13.4 Å². The zero-order valence-corrected chi connectivity index (χ0v) is 52.4. The largest absolute Gasteiger partial charge is 0.458 e. The second-order valence-electron chi connectivity index (χ2n) is 24.8. The number of ether oxygens (including phenoxy) is 2. The first-order chi connectivity index (χ1) is 47.6. The number of rotatable bonds is 13. The van der Waals surface area contributed by atoms with E-state index in [1.807, 2.05) is 0 Å². The van der Waals surface area contributed by atoms with Crippen molar-refractivity contribution >= 4 is 139 Å². The van der Waals surface area contributed by atoms with E-state index in [1.54, 1.807) is 0 Å². The first-order valence-corrected chi connectivity index (χ1v) is 32.9. The van der Waals surface area contributed by atoms with E-state index < -0.39 is 0 Å². The standard InChI is InChI=1S/C88H60B2N4O2/c1-5-25-67(26-6-1)91(68-27-7-2-8-28-68)73-57-81-87-85(59-73)95-83-41-19-15-37-77(83)89(87)75-35-13-17-39-79(75)93(81)71-33-21-23-63(55-71)45-43-61-47-51-65(52-48-61)66-53-49-62(50-54-66)44-46-64-24-22-34-72(56-64)94-80-40-18-14-36-76(80)90-78-38-16-20-42-84(78)96-86-60-74(58-82(94)88(86)90)92(69-29-9-3-10-30-69)70-31-11-4-12-32-70/h1-60H/b45-43+,46-44?. The van der Waals surface area contributed by atoms with E-state index >= 15 is 0 Å². The molecule has 4 aliphatic heterocycles. The number of hydrogen-bond donors (Lipinski definition) is 0. The Morgan fingerprint density at radius 2 is 0.573 bits per heavy atom. The molecule has 14 aromatic carbocycles. The number of hydrogen-bond acceptors (Lipinski definition) is 6. The molecular formula is C88H60B2N4O2. The van der Waals surface area contributed by atoms with Crippen LogP contribution in [0.25, 0.3) is 35.4 Å². The van der Waals surface area contributed by atoms with E-state index in [1.165, 1.54) is 21.9 Å². The Bertz CT molecular complexity index is 4920. The maximum absolute atomic E-state index is 6.97. The molecule has 18 rings (SSSR count). The SMILES string of the molecule is C(=Cc1cccc(N2c3ccccc3B3c4ccccc4Oc4cc(N(c5ccccc5)c5ccccc5)cc2c43)c1)c1ccc(-c2ccc(/C=C/c3cccc(N4c5ccccc5B5c6ccccc6Oc6cc(N(c7ccccc7)c7ccccc7)cc4c65)c3)cc2)cc1. The van der Waals surface area contributed by atoms with Crippen molar-refractivity contribution in [1.82, 2.24) is 0 Å². The quantitative estimate of drug-likeness (QED) is 0.0845. The molecule has 4 aliphatic rings. The maximum Gasteiger partial charge on any atom is 0.256 e. The maximum atomic E-state index is 6.97. The van der Waals surface area contributed by atoms with E-state index in [4.69, 9.17) is 9.47 Å². The van der Waals surface area contributed by atoms with E-state index in [9.17, 15) is 0 Å². The van der Waals surface area contributed by atoms with Crippen LogP contribution in [0.2, 0.25) is 0 Å². The Morgan fingerprint density at radius 1 is 0.240 bits per heavy atom. The number of nitrogens with zero attached hydrogens (tertiary/aromatic N) is 4. The predicted molar refractivity (Wildman–Crippen MR) is 404 cm³/mol. The number of fused-ring (bicyclic) bond motifs is 8. The molecule has 0 amide bonds. The summed E-state index contributed by atoms with van der Waals surface area (Å²) in [5, 5.41) is 0. The summed E-state index contributed by atoms with van der Waals surface area (Å²) >= 11 is 0. The molecule has 450 valence electrons. The highest BCUT2D eigenvalue weighted by Gasteiger charge is 2.44. The van der Waals surface area contributed by atoms with Gasteiger partial charge in [0.1, 0.15) is 23.0 Å². The van der Waals surface area contributed by atoms with Crippen molar-refractivity contribution in [3.8, 4) is 34.1 Å². The van der Waals surface area contributed by atoms with Gasteiger partial charge in [-0.05, 0) is 175 Å². The molecule has 8 heteroatoms. The molecule has 0 radical (unpaired) electrons. The van der Waals surface area contributed by atoms with Gasteiger partial charge in [-0.15, -0.1) is 0 Å². The Hall–Kier alpha value is -12.5. The lowest BCUT2D eigenvalue weighted by molar-refractivity contribution is 0.487. The molecule has 4 heterocycles. The lowest BCUT2D eigenvalue weighted by Gasteiger charge is -2.41. The number of para-hydroxylation sites is 8. The number of benzene rings is 14. The summed E-state index contributed by atoms with van der Waals surface area (Å²) in [6, 6.07) is 122. The van der Waals surface area contributed by atoms with Crippen LogP contribution in [0.4, 0.5) is 68.2 Å². The fraction of sp³-hybridized carbons (Fsp3) is 0. The van der Waals surface area contributed by atoms with Gasteiger partial charge in [0.05, 0.1) is 11.4 Å². The van der Waals surface area contributed by atoms with Crippen molar-refractivity contribution in [1.29, 1.82) is 0 Å². The van der Waals surface area contributed by atoms with Gasteiger partial charge >= 0.3 is 0 Å².